The molecule has 1 N–H and O–H groups in total. The number of nitrogens with zero attached hydrogens (tertiary/aromatic N) is 2. The zero-order valence-corrected chi connectivity index (χ0v) is 15.0. The highest BCUT2D eigenvalue weighted by atomic mass is 35.5. The predicted octanol–water partition coefficient (Wildman–Crippen LogP) is 4.62. The summed E-state index contributed by atoms with van der Waals surface area (Å²) >= 11 is 6.00. The van der Waals surface area contributed by atoms with Crippen LogP contribution in [0, 0.1) is 12.7 Å². The molecule has 1 aromatic heterocycles. The van der Waals surface area contributed by atoms with Gasteiger partial charge in [-0.25, -0.2) is 9.07 Å². The lowest BCUT2D eigenvalue weighted by Gasteiger charge is -2.08. The maximum absolute atomic E-state index is 13.1. The van der Waals surface area contributed by atoms with Gasteiger partial charge in [0.15, 0.2) is 11.4 Å². The fourth-order valence-electron chi connectivity index (χ4n) is 2.41. The number of carbonyl (C=O) groups excluding carboxylic acids is 1. The number of nitrogens with one attached hydrogen (secondary N) is 1. The van der Waals surface area contributed by atoms with E-state index in [4.69, 9.17) is 16.3 Å². The largest absolute Gasteiger partial charge is 0.490 e. The third-order valence-electron chi connectivity index (χ3n) is 3.73. The second kappa shape index (κ2) is 7.58. The van der Waals surface area contributed by atoms with Crippen LogP contribution in [0.1, 0.15) is 23.0 Å². The van der Waals surface area contributed by atoms with Gasteiger partial charge in [-0.05, 0) is 55.8 Å². The minimum atomic E-state index is -0.417. The van der Waals surface area contributed by atoms with Gasteiger partial charge < -0.3 is 10.1 Å². The SMILES string of the molecule is CCOc1cn(-c2ccc(F)cc2)nc1C(=O)Nc1cc(Cl)ccc1C. The van der Waals surface area contributed by atoms with Crippen molar-refractivity contribution in [3.8, 4) is 11.4 Å². The summed E-state index contributed by atoms with van der Waals surface area (Å²) in [6.07, 6.45) is 1.59. The van der Waals surface area contributed by atoms with E-state index in [-0.39, 0.29) is 11.5 Å². The Hall–Kier alpha value is -2.86. The number of halogens is 2. The number of amides is 1. The number of hydrogen-bond donors (Lipinski definition) is 1. The van der Waals surface area contributed by atoms with Crippen molar-refractivity contribution in [2.75, 3.05) is 11.9 Å². The van der Waals surface area contributed by atoms with Crippen LogP contribution in [0.15, 0.2) is 48.7 Å². The average molecular weight is 374 g/mol. The molecule has 3 rings (SSSR count). The second-order valence-electron chi connectivity index (χ2n) is 5.61. The van der Waals surface area contributed by atoms with Crippen molar-refractivity contribution < 1.29 is 13.9 Å². The molecule has 0 radical (unpaired) electrons. The molecule has 0 atom stereocenters. The van der Waals surface area contributed by atoms with Gasteiger partial charge in [0, 0.05) is 10.7 Å². The maximum atomic E-state index is 13.1. The van der Waals surface area contributed by atoms with Crippen molar-refractivity contribution in [2.24, 2.45) is 0 Å². The molecule has 0 bridgehead atoms. The van der Waals surface area contributed by atoms with Gasteiger partial charge in [0.25, 0.3) is 5.91 Å². The van der Waals surface area contributed by atoms with Crippen molar-refractivity contribution in [3.63, 3.8) is 0 Å². The molecule has 0 aliphatic heterocycles. The minimum Gasteiger partial charge on any atom is -0.490 e. The molecule has 3 aromatic rings. The smallest absolute Gasteiger partial charge is 0.280 e. The van der Waals surface area contributed by atoms with Crippen molar-refractivity contribution in [1.82, 2.24) is 9.78 Å². The van der Waals surface area contributed by atoms with Crippen LogP contribution in [0.2, 0.25) is 5.02 Å². The number of anilines is 1. The summed E-state index contributed by atoms with van der Waals surface area (Å²) in [6.45, 7) is 4.07. The molecule has 0 aliphatic carbocycles. The fraction of sp³-hybridized carbons (Fsp3) is 0.158. The van der Waals surface area contributed by atoms with E-state index in [1.54, 1.807) is 30.5 Å². The number of aromatic nitrogens is 2. The van der Waals surface area contributed by atoms with Crippen molar-refractivity contribution in [1.29, 1.82) is 0 Å². The summed E-state index contributed by atoms with van der Waals surface area (Å²) in [5, 5.41) is 7.62. The minimum absolute atomic E-state index is 0.135. The molecular weight excluding hydrogens is 357 g/mol. The molecule has 0 saturated carbocycles. The highest BCUT2D eigenvalue weighted by molar-refractivity contribution is 6.31. The van der Waals surface area contributed by atoms with Gasteiger partial charge >= 0.3 is 0 Å². The van der Waals surface area contributed by atoms with Gasteiger partial charge in [0.1, 0.15) is 5.82 Å². The lowest BCUT2D eigenvalue weighted by Crippen LogP contribution is -2.15. The van der Waals surface area contributed by atoms with E-state index in [1.165, 1.54) is 16.8 Å². The summed E-state index contributed by atoms with van der Waals surface area (Å²) in [6, 6.07) is 11.0. The summed E-state index contributed by atoms with van der Waals surface area (Å²) in [5.74, 6) is -0.422. The van der Waals surface area contributed by atoms with Crippen LogP contribution in [-0.4, -0.2) is 22.3 Å². The van der Waals surface area contributed by atoms with Crippen LogP contribution in [0.4, 0.5) is 10.1 Å². The first-order valence-corrected chi connectivity index (χ1v) is 8.41. The molecule has 7 heteroatoms. The Morgan fingerprint density at radius 1 is 1.27 bits per heavy atom. The first kappa shape index (κ1) is 17.9. The number of benzene rings is 2. The van der Waals surface area contributed by atoms with Gasteiger partial charge in [-0.15, -0.1) is 0 Å². The van der Waals surface area contributed by atoms with E-state index in [2.05, 4.69) is 10.4 Å². The standard InChI is InChI=1S/C19H17ClFN3O2/c1-3-26-17-11-24(15-8-6-14(21)7-9-15)23-18(17)19(25)22-16-10-13(20)5-4-12(16)2/h4-11H,3H2,1-2H3,(H,22,25). The molecular formula is C19H17ClFN3O2. The monoisotopic (exact) mass is 373 g/mol. The third-order valence-corrected chi connectivity index (χ3v) is 3.97. The highest BCUT2D eigenvalue weighted by Gasteiger charge is 2.19. The van der Waals surface area contributed by atoms with Crippen molar-refractivity contribution in [3.05, 3.63) is 70.8 Å². The topological polar surface area (TPSA) is 56.2 Å². The maximum Gasteiger partial charge on any atom is 0.280 e. The summed E-state index contributed by atoms with van der Waals surface area (Å²) in [5.41, 5.74) is 2.22. The third kappa shape index (κ3) is 3.86. The molecule has 1 amide bonds. The first-order chi connectivity index (χ1) is 12.5. The summed E-state index contributed by atoms with van der Waals surface area (Å²) < 4.78 is 20.1. The van der Waals surface area contributed by atoms with E-state index in [1.807, 2.05) is 19.9 Å². The highest BCUT2D eigenvalue weighted by Crippen LogP contribution is 2.24. The normalized spacial score (nSPS) is 10.6. The van der Waals surface area contributed by atoms with Crippen LogP contribution < -0.4 is 10.1 Å². The van der Waals surface area contributed by atoms with E-state index < -0.39 is 5.91 Å². The van der Waals surface area contributed by atoms with Crippen molar-refractivity contribution >= 4 is 23.2 Å². The predicted molar refractivity (Wildman–Crippen MR) is 98.8 cm³/mol. The molecule has 1 heterocycles. The Balaban J connectivity index is 1.93. The lowest BCUT2D eigenvalue weighted by atomic mass is 10.2. The lowest BCUT2D eigenvalue weighted by molar-refractivity contribution is 0.101. The van der Waals surface area contributed by atoms with Crippen LogP contribution in [0.3, 0.4) is 0 Å². The van der Waals surface area contributed by atoms with E-state index >= 15 is 0 Å². The first-order valence-electron chi connectivity index (χ1n) is 8.04. The molecule has 2 aromatic carbocycles. The van der Waals surface area contributed by atoms with Gasteiger partial charge in [-0.3, -0.25) is 4.79 Å². The molecule has 0 spiro atoms. The Bertz CT molecular complexity index is 938. The Labute approximate surface area is 155 Å². The number of hydrogen-bond acceptors (Lipinski definition) is 3. The molecule has 0 fully saturated rings. The van der Waals surface area contributed by atoms with Crippen LogP contribution >= 0.6 is 11.6 Å². The van der Waals surface area contributed by atoms with Crippen LogP contribution in [-0.2, 0) is 0 Å². The summed E-state index contributed by atoms with van der Waals surface area (Å²) in [4.78, 5) is 12.7. The number of carbonyl (C=O) groups is 1. The van der Waals surface area contributed by atoms with E-state index in [0.29, 0.717) is 28.8 Å². The van der Waals surface area contributed by atoms with Gasteiger partial charge in [-0.2, -0.15) is 5.10 Å². The van der Waals surface area contributed by atoms with Gasteiger partial charge in [0.05, 0.1) is 18.5 Å². The quantitative estimate of drug-likeness (QED) is 0.709. The Kier molecular flexibility index (Phi) is 5.23. The molecule has 0 saturated heterocycles. The van der Waals surface area contributed by atoms with Gasteiger partial charge in [-0.1, -0.05) is 17.7 Å². The Morgan fingerprint density at radius 3 is 2.69 bits per heavy atom. The van der Waals surface area contributed by atoms with Crippen LogP contribution in [0.5, 0.6) is 5.75 Å². The zero-order valence-electron chi connectivity index (χ0n) is 14.3. The molecule has 26 heavy (non-hydrogen) atoms. The number of aryl methyl sites for hydroxylation is 1. The van der Waals surface area contributed by atoms with Crippen molar-refractivity contribution in [2.45, 2.75) is 13.8 Å². The fourth-order valence-corrected chi connectivity index (χ4v) is 2.59. The summed E-state index contributed by atoms with van der Waals surface area (Å²) in [7, 11) is 0. The Morgan fingerprint density at radius 2 is 2.00 bits per heavy atom. The zero-order chi connectivity index (χ0) is 18.7. The molecule has 0 unspecified atom stereocenters. The second-order valence-corrected chi connectivity index (χ2v) is 6.05. The van der Waals surface area contributed by atoms with Gasteiger partial charge in [0.2, 0.25) is 0 Å². The van der Waals surface area contributed by atoms with E-state index in [9.17, 15) is 9.18 Å². The molecule has 134 valence electrons. The van der Waals surface area contributed by atoms with E-state index in [0.717, 1.165) is 5.56 Å². The average Bonchev–Trinajstić information content (AvgIpc) is 3.03. The number of ether oxygens (including phenoxy) is 1. The molecule has 0 aliphatic rings. The molecule has 5 nitrogen and oxygen atoms in total. The van der Waals surface area contributed by atoms with Crippen LogP contribution in [0.25, 0.3) is 5.69 Å². The number of rotatable bonds is 5.